The third-order valence-electron chi connectivity index (χ3n) is 1.18. The van der Waals surface area contributed by atoms with Crippen molar-refractivity contribution in [2.45, 2.75) is 26.3 Å². The molecule has 0 aliphatic rings. The molecule has 0 aromatic heterocycles. The highest BCUT2D eigenvalue weighted by molar-refractivity contribution is 6.04. The highest BCUT2D eigenvalue weighted by Gasteiger charge is 2.07. The molecule has 0 spiro atoms. The molecule has 0 amide bonds. The van der Waals surface area contributed by atoms with Crippen LogP contribution in [-0.4, -0.2) is 43.1 Å². The normalized spacial score (nSPS) is 18.6. The molecule has 0 saturated heterocycles. The monoisotopic (exact) mass is 133 g/mol. The summed E-state index contributed by atoms with van der Waals surface area (Å²) in [4.78, 5) is 0. The largest absolute Gasteiger partial charge is 0.381 e. The average Bonchev–Trinajstić information content (AvgIpc) is 1.64. The number of nitrogens with zero attached hydrogens (tertiary/aromatic N) is 1. The quantitative estimate of drug-likeness (QED) is 0.356. The summed E-state index contributed by atoms with van der Waals surface area (Å²) in [6, 6.07) is 0. The van der Waals surface area contributed by atoms with Gasteiger partial charge in [-0.3, -0.25) is 0 Å². The van der Waals surface area contributed by atoms with E-state index >= 15 is 0 Å². The van der Waals surface area contributed by atoms with Gasteiger partial charge in [0.2, 0.25) is 0 Å². The lowest BCUT2D eigenvalue weighted by molar-refractivity contribution is -0.0237. The van der Waals surface area contributed by atoms with Gasteiger partial charge in [-0.05, 0) is 13.8 Å². The van der Waals surface area contributed by atoms with Crippen molar-refractivity contribution in [3.05, 3.63) is 0 Å². The molecule has 48 valence electrons. The third-order valence-corrected chi connectivity index (χ3v) is 2.67. The predicted octanol–water partition coefficient (Wildman–Crippen LogP) is -1.49. The molecular formula is C4H12AlNO2. The molecule has 0 radical (unpaired) electrons. The van der Waals surface area contributed by atoms with Crippen molar-refractivity contribution in [1.82, 2.24) is 3.88 Å². The highest BCUT2D eigenvalue weighted by Crippen LogP contribution is 1.92. The molecule has 0 aliphatic carbocycles. The minimum absolute atomic E-state index is 0.512. The lowest BCUT2D eigenvalue weighted by atomic mass is 10.6. The molecule has 0 aliphatic heterocycles. The molecule has 0 bridgehead atoms. The van der Waals surface area contributed by atoms with Crippen LogP contribution in [0.5, 0.6) is 0 Å². The van der Waals surface area contributed by atoms with Crippen LogP contribution in [0.2, 0.25) is 0 Å². The number of hydrogen-bond acceptors (Lipinski definition) is 3. The van der Waals surface area contributed by atoms with Gasteiger partial charge >= 0.3 is 16.5 Å². The van der Waals surface area contributed by atoms with E-state index in [-0.39, 0.29) is 0 Å². The Hall–Kier alpha value is 0.412. The van der Waals surface area contributed by atoms with Gasteiger partial charge in [0, 0.05) is 0 Å². The first-order valence-corrected chi connectivity index (χ1v) is 3.53. The molecule has 8 heavy (non-hydrogen) atoms. The fourth-order valence-corrected chi connectivity index (χ4v) is 0.312. The third kappa shape index (κ3) is 2.65. The summed E-state index contributed by atoms with van der Waals surface area (Å²) in [5.74, 6) is 0. The van der Waals surface area contributed by atoms with Crippen LogP contribution in [0.1, 0.15) is 13.8 Å². The Morgan fingerprint density at radius 2 is 1.50 bits per heavy atom. The number of aliphatic hydroxyl groups is 2. The van der Waals surface area contributed by atoms with Crippen LogP contribution in [-0.2, 0) is 0 Å². The van der Waals surface area contributed by atoms with Gasteiger partial charge in [-0.25, -0.2) is 0 Å². The highest BCUT2D eigenvalue weighted by atomic mass is 27.1. The second-order valence-electron chi connectivity index (χ2n) is 1.93. The van der Waals surface area contributed by atoms with Crippen LogP contribution in [0.4, 0.5) is 0 Å². The number of rotatable bonds is 2. The van der Waals surface area contributed by atoms with Crippen molar-refractivity contribution in [2.75, 3.05) is 0 Å². The van der Waals surface area contributed by atoms with Gasteiger partial charge in [0.25, 0.3) is 0 Å². The molecule has 2 N–H and O–H groups in total. The van der Waals surface area contributed by atoms with Crippen molar-refractivity contribution in [3.63, 3.8) is 0 Å². The molecule has 4 heteroatoms. The molecule has 2 unspecified atom stereocenters. The summed E-state index contributed by atoms with van der Waals surface area (Å²) >= 11 is 0.691. The minimum Gasteiger partial charge on any atom is -0.381 e. The SMILES string of the molecule is CC(O)[N]([AlH2])C(C)O. The van der Waals surface area contributed by atoms with E-state index < -0.39 is 12.5 Å². The maximum absolute atomic E-state index is 8.79. The van der Waals surface area contributed by atoms with E-state index in [2.05, 4.69) is 0 Å². The maximum Gasteiger partial charge on any atom is 0.329 e. The van der Waals surface area contributed by atoms with Crippen LogP contribution >= 0.6 is 0 Å². The van der Waals surface area contributed by atoms with Gasteiger partial charge in [0.05, 0.1) is 12.5 Å². The molecule has 0 fully saturated rings. The Kier molecular flexibility index (Phi) is 3.62. The standard InChI is InChI=1S/C4H10NO2.Al.2H/c1-3(6)5-4(2)7;;;/h3-4,6-7H,1-2H3;;;/q-1;+1;;. The van der Waals surface area contributed by atoms with E-state index in [1.807, 2.05) is 0 Å². The van der Waals surface area contributed by atoms with E-state index in [1.54, 1.807) is 17.7 Å². The van der Waals surface area contributed by atoms with Crippen LogP contribution in [0, 0.1) is 0 Å². The van der Waals surface area contributed by atoms with Crippen LogP contribution < -0.4 is 0 Å². The molecule has 0 saturated carbocycles. The lowest BCUT2D eigenvalue weighted by Gasteiger charge is -2.24. The first-order chi connectivity index (χ1) is 3.55. The number of aliphatic hydroxyl groups excluding tert-OH is 2. The second-order valence-corrected chi connectivity index (χ2v) is 2.96. The lowest BCUT2D eigenvalue weighted by Crippen LogP contribution is -2.37. The van der Waals surface area contributed by atoms with Crippen molar-refractivity contribution in [3.8, 4) is 0 Å². The Balaban J connectivity index is 3.46. The molecule has 0 rings (SSSR count). The van der Waals surface area contributed by atoms with E-state index in [1.165, 1.54) is 0 Å². The van der Waals surface area contributed by atoms with Crippen LogP contribution in [0.3, 0.4) is 0 Å². The summed E-state index contributed by atoms with van der Waals surface area (Å²) in [5, 5.41) is 17.6. The van der Waals surface area contributed by atoms with Gasteiger partial charge in [-0.1, -0.05) is 0 Å². The minimum atomic E-state index is -0.512. The van der Waals surface area contributed by atoms with E-state index in [0.29, 0.717) is 16.5 Å². The van der Waals surface area contributed by atoms with Gasteiger partial charge < -0.3 is 14.1 Å². The molecule has 0 heterocycles. The Labute approximate surface area is 57.6 Å². The van der Waals surface area contributed by atoms with E-state index in [0.717, 1.165) is 0 Å². The summed E-state index contributed by atoms with van der Waals surface area (Å²) in [6.45, 7) is 3.28. The van der Waals surface area contributed by atoms with Crippen LogP contribution in [0.25, 0.3) is 0 Å². The first-order valence-electron chi connectivity index (χ1n) is 2.63. The molecule has 0 aromatic rings. The number of hydrogen-bond donors (Lipinski definition) is 2. The maximum atomic E-state index is 8.79. The first kappa shape index (κ1) is 8.41. The average molecular weight is 133 g/mol. The van der Waals surface area contributed by atoms with E-state index in [4.69, 9.17) is 10.2 Å². The van der Waals surface area contributed by atoms with Gasteiger partial charge in [-0.2, -0.15) is 0 Å². The fourth-order valence-electron chi connectivity index (χ4n) is 0.312. The Bertz CT molecular complexity index is 59.1. The molecular weight excluding hydrogens is 121 g/mol. The summed E-state index contributed by atoms with van der Waals surface area (Å²) < 4.78 is 1.58. The van der Waals surface area contributed by atoms with Crippen molar-refractivity contribution in [2.24, 2.45) is 0 Å². The van der Waals surface area contributed by atoms with Crippen molar-refractivity contribution < 1.29 is 10.2 Å². The predicted molar refractivity (Wildman–Crippen MR) is 33.7 cm³/mol. The molecule has 3 nitrogen and oxygen atoms in total. The molecule has 2 atom stereocenters. The van der Waals surface area contributed by atoms with Crippen molar-refractivity contribution in [1.29, 1.82) is 0 Å². The second kappa shape index (κ2) is 3.44. The fraction of sp³-hybridized carbons (Fsp3) is 1.00. The zero-order chi connectivity index (χ0) is 6.73. The smallest absolute Gasteiger partial charge is 0.329 e. The zero-order valence-corrected chi connectivity index (χ0v) is 7.50. The van der Waals surface area contributed by atoms with Crippen LogP contribution in [0.15, 0.2) is 0 Å². The van der Waals surface area contributed by atoms with Gasteiger partial charge in [-0.15, -0.1) is 0 Å². The summed E-state index contributed by atoms with van der Waals surface area (Å²) in [6.07, 6.45) is -1.02. The summed E-state index contributed by atoms with van der Waals surface area (Å²) in [7, 11) is 0. The Morgan fingerprint density at radius 3 is 1.50 bits per heavy atom. The zero-order valence-electron chi connectivity index (χ0n) is 5.50. The summed E-state index contributed by atoms with van der Waals surface area (Å²) in [5.41, 5.74) is 0. The van der Waals surface area contributed by atoms with Crippen molar-refractivity contribution >= 4 is 16.5 Å². The Morgan fingerprint density at radius 1 is 1.25 bits per heavy atom. The van der Waals surface area contributed by atoms with Gasteiger partial charge in [0.15, 0.2) is 0 Å². The van der Waals surface area contributed by atoms with E-state index in [9.17, 15) is 0 Å². The topological polar surface area (TPSA) is 43.7 Å². The molecule has 0 aromatic carbocycles. The van der Waals surface area contributed by atoms with Gasteiger partial charge in [0.1, 0.15) is 0 Å².